The van der Waals surface area contributed by atoms with Crippen LogP contribution in [0.3, 0.4) is 0 Å². The molecule has 0 aromatic heterocycles. The van der Waals surface area contributed by atoms with Crippen LogP contribution in [0.25, 0.3) is 0 Å². The molecule has 2 aromatic carbocycles. The molecule has 3 rings (SSSR count). The molecule has 0 aliphatic carbocycles. The molecule has 36 heavy (non-hydrogen) atoms. The molecule has 0 fully saturated rings. The van der Waals surface area contributed by atoms with Crippen molar-refractivity contribution in [2.45, 2.75) is 19.1 Å². The highest BCUT2D eigenvalue weighted by molar-refractivity contribution is 5.98. The van der Waals surface area contributed by atoms with Gasteiger partial charge in [-0.25, -0.2) is 9.59 Å². The Bertz CT molecular complexity index is 1090. The van der Waals surface area contributed by atoms with Gasteiger partial charge in [-0.1, -0.05) is 30.3 Å². The molecule has 0 spiro atoms. The SMILES string of the molecule is O=C(COc1ccc(C(=O)NCC(NC(=O)OCc2ccccc2)C(=O)O)cc1)NC1=NCCCN1. The predicted octanol–water partition coefficient (Wildman–Crippen LogP) is 0.640. The van der Waals surface area contributed by atoms with Gasteiger partial charge in [0.15, 0.2) is 12.6 Å². The Morgan fingerprint density at radius 2 is 1.81 bits per heavy atom. The summed E-state index contributed by atoms with van der Waals surface area (Å²) in [6, 6.07) is 13.5. The molecule has 2 aromatic rings. The van der Waals surface area contributed by atoms with Crippen molar-refractivity contribution in [2.24, 2.45) is 4.99 Å². The van der Waals surface area contributed by atoms with Crippen LogP contribution in [0, 0.1) is 0 Å². The van der Waals surface area contributed by atoms with Gasteiger partial charge >= 0.3 is 12.1 Å². The number of ether oxygens (including phenoxy) is 2. The third-order valence-electron chi connectivity index (χ3n) is 4.91. The fourth-order valence-electron chi connectivity index (χ4n) is 3.04. The number of carbonyl (C=O) groups is 4. The number of nitrogens with zero attached hydrogens (tertiary/aromatic N) is 1. The Kier molecular flexibility index (Phi) is 9.62. The summed E-state index contributed by atoms with van der Waals surface area (Å²) >= 11 is 0. The summed E-state index contributed by atoms with van der Waals surface area (Å²) in [5.41, 5.74) is 0.986. The van der Waals surface area contributed by atoms with Crippen LogP contribution in [0.2, 0.25) is 0 Å². The zero-order chi connectivity index (χ0) is 25.8. The molecule has 1 heterocycles. The number of amides is 3. The van der Waals surface area contributed by atoms with E-state index in [1.54, 1.807) is 24.3 Å². The summed E-state index contributed by atoms with van der Waals surface area (Å²) in [6.45, 7) is 0.774. The smallest absolute Gasteiger partial charge is 0.408 e. The van der Waals surface area contributed by atoms with Crippen LogP contribution in [0.5, 0.6) is 5.75 Å². The third-order valence-corrected chi connectivity index (χ3v) is 4.91. The fraction of sp³-hybridized carbons (Fsp3) is 0.292. The van der Waals surface area contributed by atoms with Gasteiger partial charge in [-0.2, -0.15) is 0 Å². The molecule has 0 bridgehead atoms. The Hall–Kier alpha value is -4.61. The molecular formula is C24H27N5O7. The molecule has 1 aliphatic rings. The topological polar surface area (TPSA) is 167 Å². The van der Waals surface area contributed by atoms with Gasteiger partial charge in [0.05, 0.1) is 0 Å². The number of carbonyl (C=O) groups excluding carboxylic acids is 3. The molecule has 12 heteroatoms. The summed E-state index contributed by atoms with van der Waals surface area (Å²) in [4.78, 5) is 51.9. The lowest BCUT2D eigenvalue weighted by atomic mass is 10.2. The predicted molar refractivity (Wildman–Crippen MR) is 129 cm³/mol. The maximum absolute atomic E-state index is 12.4. The number of hydrogen-bond acceptors (Lipinski definition) is 8. The number of aliphatic carboxylic acids is 1. The lowest BCUT2D eigenvalue weighted by Gasteiger charge is -2.16. The molecule has 0 radical (unpaired) electrons. The van der Waals surface area contributed by atoms with E-state index in [0.717, 1.165) is 18.5 Å². The average molecular weight is 498 g/mol. The van der Waals surface area contributed by atoms with E-state index in [0.29, 0.717) is 18.3 Å². The van der Waals surface area contributed by atoms with Crippen LogP contribution in [-0.2, 0) is 20.9 Å². The number of carboxylic acids is 1. The van der Waals surface area contributed by atoms with E-state index < -0.39 is 24.0 Å². The van der Waals surface area contributed by atoms with Crippen molar-refractivity contribution in [1.29, 1.82) is 0 Å². The fourth-order valence-corrected chi connectivity index (χ4v) is 3.04. The minimum Gasteiger partial charge on any atom is -0.484 e. The van der Waals surface area contributed by atoms with Gasteiger partial charge in [0.2, 0.25) is 0 Å². The quantitative estimate of drug-likeness (QED) is 0.319. The van der Waals surface area contributed by atoms with Gasteiger partial charge in [0.1, 0.15) is 18.4 Å². The second-order valence-electron chi connectivity index (χ2n) is 7.68. The summed E-state index contributed by atoms with van der Waals surface area (Å²) in [5.74, 6) is -1.47. The van der Waals surface area contributed by atoms with Gasteiger partial charge in [-0.3, -0.25) is 19.9 Å². The maximum Gasteiger partial charge on any atom is 0.408 e. The zero-order valence-corrected chi connectivity index (χ0v) is 19.4. The number of aliphatic imine (C=N–C) groups is 1. The Morgan fingerprint density at radius 1 is 1.06 bits per heavy atom. The van der Waals surface area contributed by atoms with Crippen LogP contribution in [0.4, 0.5) is 4.79 Å². The van der Waals surface area contributed by atoms with Gasteiger partial charge in [0.25, 0.3) is 11.8 Å². The molecule has 0 saturated carbocycles. The first-order chi connectivity index (χ1) is 17.4. The number of benzene rings is 2. The molecule has 190 valence electrons. The van der Waals surface area contributed by atoms with Crippen LogP contribution >= 0.6 is 0 Å². The first kappa shape index (κ1) is 26.0. The lowest BCUT2D eigenvalue weighted by Crippen LogP contribution is -2.48. The third kappa shape index (κ3) is 8.63. The van der Waals surface area contributed by atoms with Crippen molar-refractivity contribution in [2.75, 3.05) is 26.2 Å². The molecule has 1 atom stereocenters. The summed E-state index contributed by atoms with van der Waals surface area (Å²) in [7, 11) is 0. The number of alkyl carbamates (subject to hydrolysis) is 1. The second kappa shape index (κ2) is 13.3. The number of hydrogen-bond donors (Lipinski definition) is 5. The van der Waals surface area contributed by atoms with Gasteiger partial charge in [-0.05, 0) is 36.2 Å². The summed E-state index contributed by atoms with van der Waals surface area (Å²) in [5, 5.41) is 19.6. The second-order valence-corrected chi connectivity index (χ2v) is 7.68. The van der Waals surface area contributed by atoms with Crippen molar-refractivity contribution < 1.29 is 33.8 Å². The molecule has 3 amide bonds. The number of carboxylic acid groups (broad SMARTS) is 1. The van der Waals surface area contributed by atoms with Crippen molar-refractivity contribution in [1.82, 2.24) is 21.3 Å². The van der Waals surface area contributed by atoms with E-state index in [4.69, 9.17) is 9.47 Å². The van der Waals surface area contributed by atoms with Crippen LogP contribution < -0.4 is 26.0 Å². The van der Waals surface area contributed by atoms with Gasteiger partial charge in [-0.15, -0.1) is 0 Å². The van der Waals surface area contributed by atoms with Crippen LogP contribution in [0.1, 0.15) is 22.3 Å². The zero-order valence-electron chi connectivity index (χ0n) is 19.4. The Labute approximate surface area is 207 Å². The van der Waals surface area contributed by atoms with E-state index in [9.17, 15) is 24.3 Å². The monoisotopic (exact) mass is 497 g/mol. The Balaban J connectivity index is 1.41. The first-order valence-electron chi connectivity index (χ1n) is 11.2. The van der Waals surface area contributed by atoms with Gasteiger partial charge in [0, 0.05) is 25.2 Å². The van der Waals surface area contributed by atoms with Crippen LogP contribution in [0.15, 0.2) is 59.6 Å². The number of rotatable bonds is 10. The normalized spacial score (nSPS) is 13.3. The summed E-state index contributed by atoms with van der Waals surface area (Å²) in [6.07, 6.45) is -0.0118. The summed E-state index contributed by atoms with van der Waals surface area (Å²) < 4.78 is 10.4. The lowest BCUT2D eigenvalue weighted by molar-refractivity contribution is -0.139. The molecule has 0 saturated heterocycles. The standard InChI is InChI=1S/C24H27N5O7/c30-20(29-23-25-11-4-12-26-23)15-35-18-9-7-17(8-10-18)21(31)27-13-19(22(32)33)28-24(34)36-14-16-5-2-1-3-6-16/h1-3,5-10,19H,4,11-15H2,(H,27,31)(H,28,34)(H,32,33)(H2,25,26,29,30). The molecular weight excluding hydrogens is 470 g/mol. The molecule has 12 nitrogen and oxygen atoms in total. The average Bonchev–Trinajstić information content (AvgIpc) is 2.90. The molecule has 1 aliphatic heterocycles. The van der Waals surface area contributed by atoms with E-state index in [2.05, 4.69) is 26.3 Å². The highest BCUT2D eigenvalue weighted by Gasteiger charge is 2.22. The van der Waals surface area contributed by atoms with Crippen molar-refractivity contribution in [3.8, 4) is 5.75 Å². The maximum atomic E-state index is 12.4. The minimum absolute atomic E-state index is 0.0207. The van der Waals surface area contributed by atoms with Gasteiger partial charge < -0.3 is 30.5 Å². The molecule has 1 unspecified atom stereocenters. The van der Waals surface area contributed by atoms with E-state index >= 15 is 0 Å². The largest absolute Gasteiger partial charge is 0.484 e. The van der Waals surface area contributed by atoms with E-state index in [-0.39, 0.29) is 31.2 Å². The van der Waals surface area contributed by atoms with Crippen molar-refractivity contribution >= 4 is 29.8 Å². The van der Waals surface area contributed by atoms with E-state index in [1.165, 1.54) is 24.3 Å². The molecule has 5 N–H and O–H groups in total. The first-order valence-corrected chi connectivity index (χ1v) is 11.2. The highest BCUT2D eigenvalue weighted by Crippen LogP contribution is 2.12. The van der Waals surface area contributed by atoms with Crippen molar-refractivity contribution in [3.05, 3.63) is 65.7 Å². The van der Waals surface area contributed by atoms with Crippen molar-refractivity contribution in [3.63, 3.8) is 0 Å². The minimum atomic E-state index is -1.39. The van der Waals surface area contributed by atoms with Crippen LogP contribution in [-0.4, -0.2) is 67.2 Å². The Morgan fingerprint density at radius 3 is 2.47 bits per heavy atom. The highest BCUT2D eigenvalue weighted by atomic mass is 16.5. The number of guanidine groups is 1. The number of nitrogens with one attached hydrogen (secondary N) is 4. The van der Waals surface area contributed by atoms with E-state index in [1.807, 2.05) is 6.07 Å².